The summed E-state index contributed by atoms with van der Waals surface area (Å²) in [5.41, 5.74) is 2.16. The molecule has 0 unspecified atom stereocenters. The summed E-state index contributed by atoms with van der Waals surface area (Å²) in [4.78, 5) is 5.66. The van der Waals surface area contributed by atoms with Crippen LogP contribution in [0.1, 0.15) is 25.3 Å². The summed E-state index contributed by atoms with van der Waals surface area (Å²) in [6.45, 7) is 6.64. The third-order valence-electron chi connectivity index (χ3n) is 3.47. The number of aryl methyl sites for hydroxylation is 2. The Balaban J connectivity index is 0.000000753. The van der Waals surface area contributed by atoms with Gasteiger partial charge in [-0.1, -0.05) is 13.8 Å². The van der Waals surface area contributed by atoms with Crippen LogP contribution in [0.2, 0.25) is 0 Å². The number of aromatic nitrogens is 3. The van der Waals surface area contributed by atoms with Gasteiger partial charge in [0.25, 0.3) is 0 Å². The number of hydrogen-bond donors (Lipinski definition) is 1. The monoisotopic (exact) mass is 328 g/mol. The van der Waals surface area contributed by atoms with Gasteiger partial charge in [0.05, 0.1) is 23.0 Å². The second-order valence-corrected chi connectivity index (χ2v) is 5.99. The lowest BCUT2D eigenvalue weighted by molar-refractivity contribution is 0.517. The largest absolute Gasteiger partial charge is 0.467 e. The van der Waals surface area contributed by atoms with Crippen molar-refractivity contribution in [2.45, 2.75) is 27.3 Å². The number of nitrogens with zero attached hydrogens (tertiary/aromatic N) is 3. The molecular formula is C17H20N4OS. The van der Waals surface area contributed by atoms with Gasteiger partial charge < -0.3 is 9.73 Å². The van der Waals surface area contributed by atoms with Crippen LogP contribution in [0.3, 0.4) is 0 Å². The Morgan fingerprint density at radius 1 is 1.26 bits per heavy atom. The summed E-state index contributed by atoms with van der Waals surface area (Å²) < 4.78 is 8.39. The first-order valence-electron chi connectivity index (χ1n) is 7.71. The molecule has 23 heavy (non-hydrogen) atoms. The summed E-state index contributed by atoms with van der Waals surface area (Å²) in [6.07, 6.45) is 1.68. The minimum atomic E-state index is 0.625. The van der Waals surface area contributed by atoms with Gasteiger partial charge in [0, 0.05) is 18.1 Å². The quantitative estimate of drug-likeness (QED) is 0.591. The van der Waals surface area contributed by atoms with Crippen molar-refractivity contribution in [3.8, 4) is 0 Å². The summed E-state index contributed by atoms with van der Waals surface area (Å²) in [7, 11) is 1.96. The second kappa shape index (κ2) is 6.42. The zero-order valence-corrected chi connectivity index (χ0v) is 14.6. The van der Waals surface area contributed by atoms with Crippen molar-refractivity contribution >= 4 is 37.6 Å². The van der Waals surface area contributed by atoms with Crippen LogP contribution >= 0.6 is 11.3 Å². The molecule has 6 heteroatoms. The average Bonchev–Trinajstić information content (AvgIpc) is 3.25. The van der Waals surface area contributed by atoms with Crippen molar-refractivity contribution in [2.75, 3.05) is 5.32 Å². The average molecular weight is 328 g/mol. The van der Waals surface area contributed by atoms with Gasteiger partial charge >= 0.3 is 0 Å². The Morgan fingerprint density at radius 3 is 2.83 bits per heavy atom. The molecule has 0 atom stereocenters. The minimum absolute atomic E-state index is 0.625. The molecule has 0 aliphatic rings. The van der Waals surface area contributed by atoms with Gasteiger partial charge in [0.1, 0.15) is 10.6 Å². The first kappa shape index (κ1) is 15.6. The van der Waals surface area contributed by atoms with Gasteiger partial charge in [0.15, 0.2) is 5.82 Å². The van der Waals surface area contributed by atoms with Crippen LogP contribution in [-0.4, -0.2) is 14.8 Å². The Kier molecular flexibility index (Phi) is 4.34. The fourth-order valence-electron chi connectivity index (χ4n) is 2.49. The van der Waals surface area contributed by atoms with Crippen molar-refractivity contribution in [1.29, 1.82) is 0 Å². The highest BCUT2D eigenvalue weighted by Gasteiger charge is 2.16. The van der Waals surface area contributed by atoms with Crippen LogP contribution in [0, 0.1) is 6.92 Å². The molecule has 4 heterocycles. The number of thiophene rings is 1. The van der Waals surface area contributed by atoms with Gasteiger partial charge in [-0.25, -0.2) is 4.98 Å². The first-order chi connectivity index (χ1) is 11.2. The third-order valence-corrected chi connectivity index (χ3v) is 4.56. The highest BCUT2D eigenvalue weighted by molar-refractivity contribution is 7.26. The molecule has 0 amide bonds. The van der Waals surface area contributed by atoms with E-state index in [4.69, 9.17) is 4.42 Å². The summed E-state index contributed by atoms with van der Waals surface area (Å²) >= 11 is 1.67. The van der Waals surface area contributed by atoms with Gasteiger partial charge in [-0.3, -0.25) is 4.68 Å². The fourth-order valence-corrected chi connectivity index (χ4v) is 3.69. The molecule has 0 aliphatic heterocycles. The van der Waals surface area contributed by atoms with Crippen LogP contribution in [0.5, 0.6) is 0 Å². The standard InChI is InChI=1S/C15H14N4OS.C2H6/c1-9-5-6-11-12-13(21-15(11)17-9)14(18-19(12)2)16-8-10-4-3-7-20-10;1-2/h3-7H,8H2,1-2H3,(H,16,18);1-2H3. The number of fused-ring (bicyclic) bond motifs is 3. The Labute approximate surface area is 138 Å². The molecule has 120 valence electrons. The number of furan rings is 1. The first-order valence-corrected chi connectivity index (χ1v) is 8.53. The molecule has 1 N–H and O–H groups in total. The van der Waals surface area contributed by atoms with E-state index < -0.39 is 0 Å². The lowest BCUT2D eigenvalue weighted by Crippen LogP contribution is -2.00. The van der Waals surface area contributed by atoms with Crippen molar-refractivity contribution in [3.63, 3.8) is 0 Å². The number of hydrogen-bond acceptors (Lipinski definition) is 5. The van der Waals surface area contributed by atoms with E-state index in [1.807, 2.05) is 50.7 Å². The normalized spacial score (nSPS) is 10.8. The zero-order valence-electron chi connectivity index (χ0n) is 13.8. The van der Waals surface area contributed by atoms with E-state index in [1.54, 1.807) is 17.6 Å². The maximum atomic E-state index is 5.34. The van der Waals surface area contributed by atoms with Crippen molar-refractivity contribution in [2.24, 2.45) is 7.05 Å². The maximum Gasteiger partial charge on any atom is 0.166 e. The molecule has 0 saturated heterocycles. The molecule has 5 nitrogen and oxygen atoms in total. The van der Waals surface area contributed by atoms with Crippen molar-refractivity contribution < 1.29 is 4.42 Å². The van der Waals surface area contributed by atoms with Crippen LogP contribution < -0.4 is 5.32 Å². The van der Waals surface area contributed by atoms with Gasteiger partial charge in [-0.05, 0) is 31.2 Å². The molecule has 0 bridgehead atoms. The number of anilines is 1. The van der Waals surface area contributed by atoms with Crippen molar-refractivity contribution in [3.05, 3.63) is 42.0 Å². The summed E-state index contributed by atoms with van der Waals surface area (Å²) in [5, 5.41) is 9.07. The van der Waals surface area contributed by atoms with Crippen LogP contribution in [0.25, 0.3) is 20.4 Å². The van der Waals surface area contributed by atoms with E-state index in [0.717, 1.165) is 37.7 Å². The summed E-state index contributed by atoms with van der Waals surface area (Å²) in [5.74, 6) is 1.77. The van der Waals surface area contributed by atoms with E-state index in [1.165, 1.54) is 0 Å². The maximum absolute atomic E-state index is 5.34. The molecule has 0 aromatic carbocycles. The van der Waals surface area contributed by atoms with E-state index in [9.17, 15) is 0 Å². The van der Waals surface area contributed by atoms with Crippen molar-refractivity contribution in [1.82, 2.24) is 14.8 Å². The third kappa shape index (κ3) is 2.82. The molecule has 4 aromatic rings. The van der Waals surface area contributed by atoms with Crippen LogP contribution in [0.15, 0.2) is 34.9 Å². The number of rotatable bonds is 3. The number of nitrogens with one attached hydrogen (secondary N) is 1. The lowest BCUT2D eigenvalue weighted by Gasteiger charge is -1.99. The topological polar surface area (TPSA) is 55.9 Å². The van der Waals surface area contributed by atoms with E-state index in [2.05, 4.69) is 21.5 Å². The Morgan fingerprint density at radius 2 is 2.09 bits per heavy atom. The Hall–Kier alpha value is -2.34. The smallest absolute Gasteiger partial charge is 0.166 e. The molecule has 0 saturated carbocycles. The lowest BCUT2D eigenvalue weighted by atomic mass is 10.3. The number of pyridine rings is 1. The van der Waals surface area contributed by atoms with Gasteiger partial charge in [-0.2, -0.15) is 5.10 Å². The van der Waals surface area contributed by atoms with E-state index in [0.29, 0.717) is 6.54 Å². The molecule has 0 spiro atoms. The van der Waals surface area contributed by atoms with E-state index >= 15 is 0 Å². The zero-order chi connectivity index (χ0) is 16.4. The molecule has 4 aromatic heterocycles. The fraction of sp³-hybridized carbons (Fsp3) is 0.294. The second-order valence-electron chi connectivity index (χ2n) is 4.99. The minimum Gasteiger partial charge on any atom is -0.467 e. The SMILES string of the molecule is CC.Cc1ccc2c(n1)sc1c(NCc3ccco3)nn(C)c12. The van der Waals surface area contributed by atoms with Crippen LogP contribution in [0.4, 0.5) is 5.82 Å². The molecule has 0 aliphatic carbocycles. The highest BCUT2D eigenvalue weighted by atomic mass is 32.1. The predicted molar refractivity (Wildman–Crippen MR) is 96.0 cm³/mol. The Bertz CT molecular complexity index is 921. The molecular weight excluding hydrogens is 308 g/mol. The van der Waals surface area contributed by atoms with Crippen LogP contribution in [-0.2, 0) is 13.6 Å². The van der Waals surface area contributed by atoms with Gasteiger partial charge in [-0.15, -0.1) is 11.3 Å². The molecule has 0 radical (unpaired) electrons. The van der Waals surface area contributed by atoms with Gasteiger partial charge in [0.2, 0.25) is 0 Å². The molecule has 0 fully saturated rings. The predicted octanol–water partition coefficient (Wildman–Crippen LogP) is 4.72. The highest BCUT2D eigenvalue weighted by Crippen LogP contribution is 2.37. The van der Waals surface area contributed by atoms with E-state index in [-0.39, 0.29) is 0 Å². The molecule has 4 rings (SSSR count). The summed E-state index contributed by atoms with van der Waals surface area (Å²) in [6, 6.07) is 7.99.